The van der Waals surface area contributed by atoms with Crippen molar-refractivity contribution in [1.29, 1.82) is 0 Å². The lowest BCUT2D eigenvalue weighted by molar-refractivity contribution is 0.158. The molecule has 102 valence electrons. The van der Waals surface area contributed by atoms with Crippen LogP contribution in [0.1, 0.15) is 5.89 Å². The van der Waals surface area contributed by atoms with E-state index < -0.39 is 5.76 Å². The smallest absolute Gasteiger partial charge is 0.390 e. The Kier molecular flexibility index (Phi) is 5.07. The second kappa shape index (κ2) is 6.79. The van der Waals surface area contributed by atoms with Gasteiger partial charge in [0.15, 0.2) is 0 Å². The van der Waals surface area contributed by atoms with Crippen LogP contribution >= 0.6 is 23.4 Å². The molecule has 0 N–H and O–H groups in total. The second-order valence-electron chi connectivity index (χ2n) is 3.72. The minimum Gasteiger partial charge on any atom is -0.390 e. The van der Waals surface area contributed by atoms with Crippen LogP contribution in [0, 0.1) is 0 Å². The summed E-state index contributed by atoms with van der Waals surface area (Å²) in [5.41, 5.74) is 0. The zero-order valence-corrected chi connectivity index (χ0v) is 11.9. The summed E-state index contributed by atoms with van der Waals surface area (Å²) in [6.45, 7) is 0.686. The molecule has 2 aromatic rings. The monoisotopic (exact) mass is 300 g/mol. The summed E-state index contributed by atoms with van der Waals surface area (Å²) in [4.78, 5) is 12.5. The first kappa shape index (κ1) is 14.2. The maximum absolute atomic E-state index is 11.5. The van der Waals surface area contributed by atoms with E-state index in [0.717, 1.165) is 10.6 Å². The molecule has 1 heterocycles. The molecule has 0 fully saturated rings. The van der Waals surface area contributed by atoms with Crippen molar-refractivity contribution < 1.29 is 9.15 Å². The number of aromatic nitrogens is 2. The van der Waals surface area contributed by atoms with E-state index in [1.54, 1.807) is 11.8 Å². The number of hydrogen-bond acceptors (Lipinski definition) is 5. The highest BCUT2D eigenvalue weighted by Gasteiger charge is 2.07. The molecule has 1 aromatic heterocycles. The van der Waals surface area contributed by atoms with Crippen molar-refractivity contribution in [1.82, 2.24) is 9.78 Å². The number of benzene rings is 1. The molecule has 0 aliphatic rings. The highest BCUT2D eigenvalue weighted by molar-refractivity contribution is 7.99. The Hall–Kier alpha value is -1.24. The van der Waals surface area contributed by atoms with Crippen molar-refractivity contribution in [2.75, 3.05) is 12.9 Å². The predicted octanol–water partition coefficient (Wildman–Crippen LogP) is 2.43. The Labute approximate surface area is 119 Å². The van der Waals surface area contributed by atoms with E-state index in [9.17, 15) is 4.79 Å². The van der Waals surface area contributed by atoms with Crippen molar-refractivity contribution in [2.24, 2.45) is 0 Å². The number of nitrogens with zero attached hydrogens (tertiary/aromatic N) is 2. The van der Waals surface area contributed by atoms with Crippen LogP contribution < -0.4 is 5.76 Å². The van der Waals surface area contributed by atoms with E-state index in [4.69, 9.17) is 20.8 Å². The molecule has 0 aliphatic heterocycles. The van der Waals surface area contributed by atoms with Crippen molar-refractivity contribution in [3.8, 4) is 0 Å². The molecule has 5 nitrogen and oxygen atoms in total. The normalized spacial score (nSPS) is 10.8. The fourth-order valence-corrected chi connectivity index (χ4v) is 2.41. The Morgan fingerprint density at radius 3 is 2.84 bits per heavy atom. The first-order chi connectivity index (χ1) is 9.19. The van der Waals surface area contributed by atoms with Gasteiger partial charge >= 0.3 is 5.76 Å². The molecule has 7 heteroatoms. The lowest BCUT2D eigenvalue weighted by Gasteiger charge is -2.00. The SMILES string of the molecule is COCc1nn(CCSc2ccc(Cl)cc2)c(=O)o1. The van der Waals surface area contributed by atoms with E-state index in [1.165, 1.54) is 11.8 Å². The quantitative estimate of drug-likeness (QED) is 0.767. The van der Waals surface area contributed by atoms with Gasteiger partial charge in [-0.15, -0.1) is 16.9 Å². The first-order valence-corrected chi connectivity index (χ1v) is 6.99. The third-order valence-corrected chi connectivity index (χ3v) is 3.55. The van der Waals surface area contributed by atoms with Gasteiger partial charge in [0.2, 0.25) is 5.89 Å². The van der Waals surface area contributed by atoms with E-state index in [0.29, 0.717) is 17.5 Å². The standard InChI is InChI=1S/C12H13ClN2O3S/c1-17-8-11-14-15(12(16)18-11)6-7-19-10-4-2-9(13)3-5-10/h2-5H,6-8H2,1H3. The largest absolute Gasteiger partial charge is 0.437 e. The molecule has 0 saturated heterocycles. The summed E-state index contributed by atoms with van der Waals surface area (Å²) in [6, 6.07) is 7.55. The number of rotatable bonds is 6. The van der Waals surface area contributed by atoms with Crippen LogP contribution in [0.2, 0.25) is 5.02 Å². The van der Waals surface area contributed by atoms with E-state index in [2.05, 4.69) is 5.10 Å². The van der Waals surface area contributed by atoms with Crippen LogP contribution in [0.3, 0.4) is 0 Å². The Bertz CT molecular complexity index is 579. The van der Waals surface area contributed by atoms with Gasteiger partial charge in [-0.2, -0.15) is 4.68 Å². The van der Waals surface area contributed by atoms with Gasteiger partial charge in [-0.1, -0.05) is 11.6 Å². The average molecular weight is 301 g/mol. The average Bonchev–Trinajstić information content (AvgIpc) is 2.73. The summed E-state index contributed by atoms with van der Waals surface area (Å²) in [7, 11) is 1.52. The topological polar surface area (TPSA) is 57.3 Å². The summed E-state index contributed by atoms with van der Waals surface area (Å²) in [6.07, 6.45) is 0. The van der Waals surface area contributed by atoms with Crippen molar-refractivity contribution in [3.63, 3.8) is 0 Å². The van der Waals surface area contributed by atoms with Crippen molar-refractivity contribution >= 4 is 23.4 Å². The highest BCUT2D eigenvalue weighted by Crippen LogP contribution is 2.20. The van der Waals surface area contributed by atoms with Gasteiger partial charge in [0.05, 0.1) is 6.54 Å². The van der Waals surface area contributed by atoms with E-state index in [-0.39, 0.29) is 6.61 Å². The molecule has 0 amide bonds. The molecule has 0 radical (unpaired) electrons. The van der Waals surface area contributed by atoms with Gasteiger partial charge in [-0.05, 0) is 24.3 Å². The highest BCUT2D eigenvalue weighted by atomic mass is 35.5. The second-order valence-corrected chi connectivity index (χ2v) is 5.33. The lowest BCUT2D eigenvalue weighted by Crippen LogP contribution is -2.17. The molecule has 1 aromatic carbocycles. The molecular weight excluding hydrogens is 288 g/mol. The first-order valence-electron chi connectivity index (χ1n) is 5.63. The number of aryl methyl sites for hydroxylation is 1. The predicted molar refractivity (Wildman–Crippen MR) is 73.7 cm³/mol. The third-order valence-electron chi connectivity index (χ3n) is 2.30. The fraction of sp³-hybridized carbons (Fsp3) is 0.333. The number of halogens is 1. The summed E-state index contributed by atoms with van der Waals surface area (Å²) < 4.78 is 11.1. The van der Waals surface area contributed by atoms with Gasteiger partial charge in [0.25, 0.3) is 0 Å². The molecule has 0 aliphatic carbocycles. The molecule has 2 rings (SSSR count). The number of hydrogen-bond donors (Lipinski definition) is 0. The third kappa shape index (κ3) is 4.12. The number of methoxy groups -OCH3 is 1. The van der Waals surface area contributed by atoms with Crippen LogP contribution in [0.25, 0.3) is 0 Å². The zero-order chi connectivity index (χ0) is 13.7. The Morgan fingerprint density at radius 1 is 1.42 bits per heavy atom. The van der Waals surface area contributed by atoms with Gasteiger partial charge in [-0.3, -0.25) is 0 Å². The maximum atomic E-state index is 11.5. The molecule has 0 spiro atoms. The van der Waals surface area contributed by atoms with Gasteiger partial charge < -0.3 is 9.15 Å². The molecule has 0 bridgehead atoms. The molecular formula is C12H13ClN2O3S. The van der Waals surface area contributed by atoms with Crippen molar-refractivity contribution in [2.45, 2.75) is 18.0 Å². The van der Waals surface area contributed by atoms with Crippen LogP contribution in [-0.4, -0.2) is 22.6 Å². The molecule has 0 unspecified atom stereocenters. The molecule has 19 heavy (non-hydrogen) atoms. The van der Waals surface area contributed by atoms with Crippen LogP contribution in [-0.2, 0) is 17.9 Å². The van der Waals surface area contributed by atoms with Crippen LogP contribution in [0.15, 0.2) is 38.4 Å². The number of ether oxygens (including phenoxy) is 1. The van der Waals surface area contributed by atoms with Crippen LogP contribution in [0.5, 0.6) is 0 Å². The summed E-state index contributed by atoms with van der Waals surface area (Å²) >= 11 is 7.43. The zero-order valence-electron chi connectivity index (χ0n) is 10.3. The summed E-state index contributed by atoms with van der Waals surface area (Å²) in [5.74, 6) is 0.563. The van der Waals surface area contributed by atoms with Gasteiger partial charge in [0, 0.05) is 22.8 Å². The minimum atomic E-state index is -0.455. The van der Waals surface area contributed by atoms with Gasteiger partial charge in [0.1, 0.15) is 6.61 Å². The summed E-state index contributed by atoms with van der Waals surface area (Å²) in [5, 5.41) is 4.73. The lowest BCUT2D eigenvalue weighted by atomic mass is 10.4. The fourth-order valence-electron chi connectivity index (χ4n) is 1.45. The molecule has 0 saturated carbocycles. The number of thioether (sulfide) groups is 1. The van der Waals surface area contributed by atoms with Gasteiger partial charge in [-0.25, -0.2) is 4.79 Å². The Morgan fingerprint density at radius 2 is 2.16 bits per heavy atom. The van der Waals surface area contributed by atoms with Crippen molar-refractivity contribution in [3.05, 3.63) is 45.7 Å². The van der Waals surface area contributed by atoms with Crippen LogP contribution in [0.4, 0.5) is 0 Å². The molecule has 0 atom stereocenters. The van der Waals surface area contributed by atoms with E-state index >= 15 is 0 Å². The minimum absolute atomic E-state index is 0.201. The maximum Gasteiger partial charge on any atom is 0.437 e. The Balaban J connectivity index is 1.88. The van der Waals surface area contributed by atoms with E-state index in [1.807, 2.05) is 24.3 Å².